The summed E-state index contributed by atoms with van der Waals surface area (Å²) in [6.45, 7) is 0. The first kappa shape index (κ1) is 17.1. The van der Waals surface area contributed by atoms with E-state index in [1.807, 2.05) is 12.1 Å². The Labute approximate surface area is 142 Å². The second-order valence-electron chi connectivity index (χ2n) is 5.02. The van der Waals surface area contributed by atoms with Crippen molar-refractivity contribution < 1.29 is 10.2 Å². The van der Waals surface area contributed by atoms with Gasteiger partial charge in [-0.2, -0.15) is 0 Å². The molecule has 0 aliphatic carbocycles. The molecule has 0 heterocycles. The Hall–Kier alpha value is -3.26. The summed E-state index contributed by atoms with van der Waals surface area (Å²) in [7, 11) is 0. The van der Waals surface area contributed by atoms with Crippen LogP contribution in [0.3, 0.4) is 0 Å². The minimum Gasteiger partial charge on any atom is -0.508 e. The topological polar surface area (TPSA) is 40.5 Å². The Morgan fingerprint density at radius 1 is 0.333 bits per heavy atom. The minimum absolute atomic E-state index is 0.322. The molecule has 24 heavy (non-hydrogen) atoms. The van der Waals surface area contributed by atoms with Crippen molar-refractivity contribution in [2.45, 2.75) is 0 Å². The molecule has 0 saturated heterocycles. The van der Waals surface area contributed by atoms with E-state index in [0.29, 0.717) is 11.5 Å². The molecule has 0 amide bonds. The SMILES string of the molecule is Oc1ccccc1.Oc1ccccc1.c1ccc2ccccc2c1. The van der Waals surface area contributed by atoms with E-state index in [-0.39, 0.29) is 0 Å². The van der Waals surface area contributed by atoms with E-state index in [1.54, 1.807) is 48.5 Å². The van der Waals surface area contributed by atoms with Gasteiger partial charge in [-0.1, -0.05) is 84.9 Å². The van der Waals surface area contributed by atoms with E-state index in [4.69, 9.17) is 10.2 Å². The van der Waals surface area contributed by atoms with E-state index in [9.17, 15) is 0 Å². The minimum atomic E-state index is 0.322. The number of hydrogen-bond donors (Lipinski definition) is 2. The van der Waals surface area contributed by atoms with Crippen molar-refractivity contribution in [1.82, 2.24) is 0 Å². The number of benzene rings is 4. The summed E-state index contributed by atoms with van der Waals surface area (Å²) in [5, 5.41) is 19.9. The van der Waals surface area contributed by atoms with Crippen molar-refractivity contribution in [3.05, 3.63) is 109 Å². The first-order valence-corrected chi connectivity index (χ1v) is 7.67. The maximum absolute atomic E-state index is 8.63. The van der Waals surface area contributed by atoms with Crippen LogP contribution in [-0.4, -0.2) is 10.2 Å². The highest BCUT2D eigenvalue weighted by molar-refractivity contribution is 5.81. The lowest BCUT2D eigenvalue weighted by Gasteiger charge is -1.92. The molecule has 120 valence electrons. The highest BCUT2D eigenvalue weighted by atomic mass is 16.3. The molecule has 4 rings (SSSR count). The predicted molar refractivity (Wildman–Crippen MR) is 100 cm³/mol. The maximum Gasteiger partial charge on any atom is 0.115 e. The maximum atomic E-state index is 8.63. The number of hydrogen-bond acceptors (Lipinski definition) is 2. The molecule has 0 spiro atoms. The third kappa shape index (κ3) is 6.24. The number of aromatic hydroxyl groups is 2. The molecular weight excluding hydrogens is 296 g/mol. The van der Waals surface area contributed by atoms with Gasteiger partial charge in [0.2, 0.25) is 0 Å². The van der Waals surface area contributed by atoms with Gasteiger partial charge >= 0.3 is 0 Å². The van der Waals surface area contributed by atoms with Crippen molar-refractivity contribution in [2.24, 2.45) is 0 Å². The first-order chi connectivity index (χ1) is 11.8. The van der Waals surface area contributed by atoms with Gasteiger partial charge in [-0.15, -0.1) is 0 Å². The third-order valence-electron chi connectivity index (χ3n) is 3.17. The summed E-state index contributed by atoms with van der Waals surface area (Å²) in [4.78, 5) is 0. The zero-order valence-corrected chi connectivity index (χ0v) is 13.3. The van der Waals surface area contributed by atoms with Crippen molar-refractivity contribution in [1.29, 1.82) is 0 Å². The van der Waals surface area contributed by atoms with Crippen molar-refractivity contribution in [2.75, 3.05) is 0 Å². The van der Waals surface area contributed by atoms with Gasteiger partial charge in [0.1, 0.15) is 11.5 Å². The van der Waals surface area contributed by atoms with Crippen LogP contribution in [-0.2, 0) is 0 Å². The van der Waals surface area contributed by atoms with Crippen molar-refractivity contribution in [3.63, 3.8) is 0 Å². The van der Waals surface area contributed by atoms with Crippen molar-refractivity contribution >= 4 is 10.8 Å². The summed E-state index contributed by atoms with van der Waals surface area (Å²) in [5.41, 5.74) is 0. The quantitative estimate of drug-likeness (QED) is 0.442. The van der Waals surface area contributed by atoms with E-state index >= 15 is 0 Å². The molecule has 2 heteroatoms. The molecule has 0 atom stereocenters. The Balaban J connectivity index is 0.000000134. The number of rotatable bonds is 0. The summed E-state index contributed by atoms with van der Waals surface area (Å²) >= 11 is 0. The molecule has 2 nitrogen and oxygen atoms in total. The van der Waals surface area contributed by atoms with E-state index in [0.717, 1.165) is 0 Å². The zero-order chi connectivity index (χ0) is 17.0. The molecule has 0 aromatic heterocycles. The van der Waals surface area contributed by atoms with Gasteiger partial charge in [0.25, 0.3) is 0 Å². The number of phenols is 2. The van der Waals surface area contributed by atoms with Gasteiger partial charge in [0.15, 0.2) is 0 Å². The normalized spacial score (nSPS) is 9.17. The highest BCUT2D eigenvalue weighted by Crippen LogP contribution is 2.11. The molecule has 0 aliphatic rings. The van der Waals surface area contributed by atoms with Crippen LogP contribution in [0.5, 0.6) is 11.5 Å². The van der Waals surface area contributed by atoms with Crippen molar-refractivity contribution in [3.8, 4) is 11.5 Å². The smallest absolute Gasteiger partial charge is 0.115 e. The Bertz CT molecular complexity index is 725. The summed E-state index contributed by atoms with van der Waals surface area (Å²) in [5.74, 6) is 0.644. The van der Waals surface area contributed by atoms with Crippen LogP contribution in [0.15, 0.2) is 109 Å². The summed E-state index contributed by atoms with van der Waals surface area (Å²) in [6, 6.07) is 34.1. The van der Waals surface area contributed by atoms with Crippen LogP contribution in [0.1, 0.15) is 0 Å². The average molecular weight is 316 g/mol. The lowest BCUT2D eigenvalue weighted by atomic mass is 10.1. The third-order valence-corrected chi connectivity index (χ3v) is 3.17. The van der Waals surface area contributed by atoms with Gasteiger partial charge < -0.3 is 10.2 Å². The number of phenolic OH excluding ortho intramolecular Hbond substituents is 2. The summed E-state index contributed by atoms with van der Waals surface area (Å²) < 4.78 is 0. The van der Waals surface area contributed by atoms with Crippen LogP contribution in [0.25, 0.3) is 10.8 Å². The van der Waals surface area contributed by atoms with Gasteiger partial charge in [-0.3, -0.25) is 0 Å². The molecule has 4 aromatic carbocycles. The Kier molecular flexibility index (Phi) is 6.91. The molecule has 0 radical (unpaired) electrons. The molecule has 0 aliphatic heterocycles. The number of para-hydroxylation sites is 2. The highest BCUT2D eigenvalue weighted by Gasteiger charge is 1.85. The largest absolute Gasteiger partial charge is 0.508 e. The fourth-order valence-corrected chi connectivity index (χ4v) is 1.99. The van der Waals surface area contributed by atoms with Gasteiger partial charge in [-0.25, -0.2) is 0 Å². The van der Waals surface area contributed by atoms with Gasteiger partial charge in [0, 0.05) is 0 Å². The fraction of sp³-hybridized carbons (Fsp3) is 0. The fourth-order valence-electron chi connectivity index (χ4n) is 1.99. The van der Waals surface area contributed by atoms with Gasteiger partial charge in [-0.05, 0) is 35.0 Å². The lowest BCUT2D eigenvalue weighted by molar-refractivity contribution is 0.475. The molecule has 4 aromatic rings. The molecule has 2 N–H and O–H groups in total. The average Bonchev–Trinajstić information content (AvgIpc) is 2.64. The second kappa shape index (κ2) is 9.70. The second-order valence-corrected chi connectivity index (χ2v) is 5.02. The van der Waals surface area contributed by atoms with Crippen LogP contribution in [0.4, 0.5) is 0 Å². The molecule has 0 saturated carbocycles. The standard InChI is InChI=1S/C10H8.2C6H6O/c1-2-6-10-8-4-3-7-9(10)5-1;2*7-6-4-2-1-3-5-6/h1-8H;2*1-5,7H. The molecule has 0 unspecified atom stereocenters. The van der Waals surface area contributed by atoms with Crippen LogP contribution < -0.4 is 0 Å². The van der Waals surface area contributed by atoms with Crippen LogP contribution in [0.2, 0.25) is 0 Å². The van der Waals surface area contributed by atoms with Crippen LogP contribution in [0, 0.1) is 0 Å². The monoisotopic (exact) mass is 316 g/mol. The zero-order valence-electron chi connectivity index (χ0n) is 13.3. The van der Waals surface area contributed by atoms with E-state index < -0.39 is 0 Å². The first-order valence-electron chi connectivity index (χ1n) is 7.67. The Morgan fingerprint density at radius 2 is 0.583 bits per heavy atom. The van der Waals surface area contributed by atoms with Gasteiger partial charge in [0.05, 0.1) is 0 Å². The summed E-state index contributed by atoms with van der Waals surface area (Å²) in [6.07, 6.45) is 0. The molecule has 0 fully saturated rings. The van der Waals surface area contributed by atoms with Crippen LogP contribution >= 0.6 is 0 Å². The predicted octanol–water partition coefficient (Wildman–Crippen LogP) is 5.62. The number of fused-ring (bicyclic) bond motifs is 1. The molecular formula is C22H20O2. The van der Waals surface area contributed by atoms with E-state index in [1.165, 1.54) is 10.8 Å². The van der Waals surface area contributed by atoms with E-state index in [2.05, 4.69) is 48.5 Å². The Morgan fingerprint density at radius 3 is 0.792 bits per heavy atom. The lowest BCUT2D eigenvalue weighted by Crippen LogP contribution is -1.67. The molecule has 0 bridgehead atoms.